The van der Waals surface area contributed by atoms with Crippen molar-refractivity contribution in [3.8, 4) is 17.2 Å². The number of nitrogens with zero attached hydrogens (tertiary/aromatic N) is 1. The van der Waals surface area contributed by atoms with Crippen LogP contribution in [-0.4, -0.2) is 53.8 Å². The van der Waals surface area contributed by atoms with E-state index in [0.717, 1.165) is 22.5 Å². The van der Waals surface area contributed by atoms with Crippen LogP contribution in [0.4, 0.5) is 0 Å². The van der Waals surface area contributed by atoms with Crippen LogP contribution < -0.4 is 24.8 Å². The zero-order valence-corrected chi connectivity index (χ0v) is 20.6. The van der Waals surface area contributed by atoms with Gasteiger partial charge in [0.25, 0.3) is 0 Å². The molecular formula is C25H37N3O4. The molecule has 0 radical (unpaired) electrons. The third-order valence-corrected chi connectivity index (χ3v) is 4.83. The summed E-state index contributed by atoms with van der Waals surface area (Å²) in [6, 6.07) is 3.79. The number of nitrogens with one attached hydrogen (secondary N) is 2. The quantitative estimate of drug-likeness (QED) is 0.351. The van der Waals surface area contributed by atoms with Crippen LogP contribution in [0.1, 0.15) is 26.3 Å². The molecule has 1 rings (SSSR count). The summed E-state index contributed by atoms with van der Waals surface area (Å²) in [6.45, 7) is 14.8. The lowest BCUT2D eigenvalue weighted by Gasteiger charge is -2.21. The Kier molecular flexibility index (Phi) is 11.1. The minimum atomic E-state index is 0.108. The maximum atomic E-state index is 5.49. The molecule has 2 N–H and O–H groups in total. The number of benzene rings is 1. The van der Waals surface area contributed by atoms with Gasteiger partial charge in [0.05, 0.1) is 39.3 Å². The number of methoxy groups -OCH3 is 4. The summed E-state index contributed by atoms with van der Waals surface area (Å²) in [7, 11) is 8.25. The van der Waals surface area contributed by atoms with E-state index in [4.69, 9.17) is 23.9 Å². The lowest BCUT2D eigenvalue weighted by atomic mass is 10.1. The van der Waals surface area contributed by atoms with Gasteiger partial charge < -0.3 is 29.6 Å². The van der Waals surface area contributed by atoms with E-state index >= 15 is 0 Å². The predicted octanol–water partition coefficient (Wildman–Crippen LogP) is 4.22. The van der Waals surface area contributed by atoms with Crippen molar-refractivity contribution in [1.29, 1.82) is 0 Å². The highest BCUT2D eigenvalue weighted by molar-refractivity contribution is 6.09. The Morgan fingerprint density at radius 1 is 1.12 bits per heavy atom. The first-order valence-electron chi connectivity index (χ1n) is 10.3. The molecule has 0 fully saturated rings. The Labute approximate surface area is 192 Å². The van der Waals surface area contributed by atoms with Gasteiger partial charge in [0.1, 0.15) is 0 Å². The van der Waals surface area contributed by atoms with E-state index in [1.165, 1.54) is 0 Å². The molecule has 1 aromatic rings. The first-order chi connectivity index (χ1) is 15.3. The van der Waals surface area contributed by atoms with Crippen molar-refractivity contribution < 1.29 is 18.9 Å². The van der Waals surface area contributed by atoms with Gasteiger partial charge in [0.2, 0.25) is 5.75 Å². The first-order valence-corrected chi connectivity index (χ1v) is 10.3. The molecule has 0 amide bonds. The van der Waals surface area contributed by atoms with Crippen molar-refractivity contribution in [3.05, 3.63) is 65.7 Å². The Balaban J connectivity index is 3.56. The molecule has 0 heterocycles. The van der Waals surface area contributed by atoms with Gasteiger partial charge in [-0.25, -0.2) is 4.99 Å². The number of rotatable bonds is 13. The van der Waals surface area contributed by atoms with Crippen molar-refractivity contribution in [2.45, 2.75) is 26.8 Å². The zero-order chi connectivity index (χ0) is 24.3. The van der Waals surface area contributed by atoms with E-state index in [1.54, 1.807) is 34.5 Å². The largest absolute Gasteiger partial charge is 0.493 e. The lowest BCUT2D eigenvalue weighted by molar-refractivity contribution is 0.176. The van der Waals surface area contributed by atoms with Crippen LogP contribution in [0.15, 0.2) is 65.1 Å². The molecule has 0 aromatic heterocycles. The second kappa shape index (κ2) is 13.3. The van der Waals surface area contributed by atoms with Crippen molar-refractivity contribution in [2.24, 2.45) is 4.99 Å². The van der Waals surface area contributed by atoms with Crippen molar-refractivity contribution >= 4 is 5.71 Å². The molecule has 0 aliphatic rings. The molecular weight excluding hydrogens is 406 g/mol. The maximum absolute atomic E-state index is 5.49. The Morgan fingerprint density at radius 3 is 2.12 bits per heavy atom. The minimum absolute atomic E-state index is 0.108. The molecule has 0 saturated heterocycles. The summed E-state index contributed by atoms with van der Waals surface area (Å²) in [4.78, 5) is 4.92. The van der Waals surface area contributed by atoms with Gasteiger partial charge in [0.15, 0.2) is 11.5 Å². The third-order valence-electron chi connectivity index (χ3n) is 4.83. The number of hydrogen-bond donors (Lipinski definition) is 2. The fraction of sp³-hybridized carbons (Fsp3) is 0.400. The third kappa shape index (κ3) is 6.65. The Hall–Kier alpha value is -3.19. The Morgan fingerprint density at radius 2 is 1.72 bits per heavy atom. The molecule has 176 valence electrons. The zero-order valence-electron chi connectivity index (χ0n) is 20.6. The van der Waals surface area contributed by atoms with Gasteiger partial charge in [-0.3, -0.25) is 0 Å². The highest BCUT2D eigenvalue weighted by Gasteiger charge is 2.17. The molecule has 7 heteroatoms. The molecule has 0 bridgehead atoms. The van der Waals surface area contributed by atoms with E-state index in [2.05, 4.69) is 23.8 Å². The summed E-state index contributed by atoms with van der Waals surface area (Å²) in [6.07, 6.45) is 3.66. The summed E-state index contributed by atoms with van der Waals surface area (Å²) < 4.78 is 21.7. The number of allylic oxidation sites excluding steroid dienone is 3. The summed E-state index contributed by atoms with van der Waals surface area (Å²) in [5.41, 5.74) is 4.58. The van der Waals surface area contributed by atoms with Crippen molar-refractivity contribution in [1.82, 2.24) is 10.6 Å². The smallest absolute Gasteiger partial charge is 0.203 e. The normalized spacial score (nSPS) is 13.6. The van der Waals surface area contributed by atoms with Crippen LogP contribution in [0.2, 0.25) is 0 Å². The van der Waals surface area contributed by atoms with E-state index in [-0.39, 0.29) is 6.04 Å². The van der Waals surface area contributed by atoms with E-state index in [1.807, 2.05) is 46.0 Å². The SMILES string of the molecule is C=CC(=N/C(C(=C)/C(=C/C)NC(C)COC)=C(\C)NC)c1cc(OC)c(OC)c(OC)c1. The van der Waals surface area contributed by atoms with Crippen molar-refractivity contribution in [2.75, 3.05) is 42.1 Å². The summed E-state index contributed by atoms with van der Waals surface area (Å²) in [5, 5.41) is 6.61. The predicted molar refractivity (Wildman–Crippen MR) is 132 cm³/mol. The standard InChI is InChI=1S/C25H37N3O4/c1-11-20(27-16(3)15-29-7)17(4)24(18(5)26-6)28-21(12-2)19-13-22(30-8)25(32-10)23(14-19)31-9/h11-14,16,26-27H,2,4,15H2,1,3,5-10H3/b20-11-,24-18+,28-21?. The van der Waals surface area contributed by atoms with Gasteiger partial charge in [-0.2, -0.15) is 0 Å². The minimum Gasteiger partial charge on any atom is -0.493 e. The van der Waals surface area contributed by atoms with Crippen LogP contribution in [0.25, 0.3) is 0 Å². The highest BCUT2D eigenvalue weighted by atomic mass is 16.5. The topological polar surface area (TPSA) is 73.3 Å². The molecule has 0 aliphatic carbocycles. The molecule has 1 aromatic carbocycles. The second-order valence-corrected chi connectivity index (χ2v) is 7.02. The van der Waals surface area contributed by atoms with Gasteiger partial charge in [0, 0.05) is 42.7 Å². The van der Waals surface area contributed by atoms with Gasteiger partial charge in [-0.1, -0.05) is 19.2 Å². The van der Waals surface area contributed by atoms with Crippen LogP contribution in [0.5, 0.6) is 17.2 Å². The lowest BCUT2D eigenvalue weighted by Crippen LogP contribution is -2.30. The van der Waals surface area contributed by atoms with Crippen molar-refractivity contribution in [3.63, 3.8) is 0 Å². The van der Waals surface area contributed by atoms with Gasteiger partial charge in [-0.15, -0.1) is 0 Å². The summed E-state index contributed by atoms with van der Waals surface area (Å²) in [5.74, 6) is 1.59. The molecule has 7 nitrogen and oxygen atoms in total. The number of ether oxygens (including phenoxy) is 4. The fourth-order valence-electron chi connectivity index (χ4n) is 3.10. The van der Waals surface area contributed by atoms with Crippen LogP contribution in [-0.2, 0) is 4.74 Å². The number of hydrogen-bond acceptors (Lipinski definition) is 7. The fourth-order valence-corrected chi connectivity index (χ4v) is 3.10. The van der Waals surface area contributed by atoms with E-state index < -0.39 is 0 Å². The first kappa shape index (κ1) is 26.8. The molecule has 0 spiro atoms. The molecule has 1 unspecified atom stereocenters. The van der Waals surface area contributed by atoms with Crippen LogP contribution >= 0.6 is 0 Å². The monoisotopic (exact) mass is 443 g/mol. The Bertz CT molecular complexity index is 875. The molecule has 1 atom stereocenters. The molecule has 32 heavy (non-hydrogen) atoms. The van der Waals surface area contributed by atoms with E-state index in [9.17, 15) is 0 Å². The second-order valence-electron chi connectivity index (χ2n) is 7.02. The van der Waals surface area contributed by atoms with Gasteiger partial charge in [-0.05, 0) is 39.0 Å². The molecule has 0 saturated carbocycles. The molecule has 0 aliphatic heterocycles. The van der Waals surface area contributed by atoms with Crippen LogP contribution in [0.3, 0.4) is 0 Å². The summed E-state index contributed by atoms with van der Waals surface area (Å²) >= 11 is 0. The average Bonchev–Trinajstić information content (AvgIpc) is 2.81. The number of aliphatic imine (C=N–C) groups is 1. The average molecular weight is 444 g/mol. The highest BCUT2D eigenvalue weighted by Crippen LogP contribution is 2.38. The van der Waals surface area contributed by atoms with Crippen LogP contribution in [0, 0.1) is 0 Å². The maximum Gasteiger partial charge on any atom is 0.203 e. The van der Waals surface area contributed by atoms with Gasteiger partial charge >= 0.3 is 0 Å². The van der Waals surface area contributed by atoms with E-state index in [0.29, 0.717) is 35.3 Å².